The van der Waals surface area contributed by atoms with Crippen LogP contribution in [0.15, 0.2) is 42.9 Å². The van der Waals surface area contributed by atoms with E-state index in [0.717, 1.165) is 61.7 Å². The van der Waals surface area contributed by atoms with Crippen LogP contribution in [0, 0.1) is 12.3 Å². The molecule has 34 heavy (non-hydrogen) atoms. The van der Waals surface area contributed by atoms with E-state index in [0.29, 0.717) is 12.0 Å². The molecule has 0 atom stereocenters. The van der Waals surface area contributed by atoms with E-state index in [2.05, 4.69) is 32.2 Å². The van der Waals surface area contributed by atoms with Gasteiger partial charge in [0.05, 0.1) is 17.5 Å². The van der Waals surface area contributed by atoms with Crippen LogP contribution in [0.2, 0.25) is 0 Å². The van der Waals surface area contributed by atoms with Crippen molar-refractivity contribution in [2.45, 2.75) is 26.3 Å². The quantitative estimate of drug-likeness (QED) is 0.652. The molecule has 2 saturated heterocycles. The van der Waals surface area contributed by atoms with E-state index in [9.17, 15) is 9.59 Å². The van der Waals surface area contributed by atoms with Gasteiger partial charge in [0.15, 0.2) is 0 Å². The predicted molar refractivity (Wildman–Crippen MR) is 128 cm³/mol. The largest absolute Gasteiger partial charge is 0.337 e. The number of carbonyl (C=O) groups is 2. The number of anilines is 1. The lowest BCUT2D eigenvalue weighted by molar-refractivity contribution is -0.118. The van der Waals surface area contributed by atoms with E-state index in [1.165, 1.54) is 11.1 Å². The van der Waals surface area contributed by atoms with E-state index < -0.39 is 0 Å². The zero-order valence-electron chi connectivity index (χ0n) is 19.5. The fraction of sp³-hybridized carbons (Fsp3) is 0.385. The van der Waals surface area contributed by atoms with Crippen molar-refractivity contribution in [1.29, 1.82) is 0 Å². The van der Waals surface area contributed by atoms with Crippen LogP contribution >= 0.6 is 0 Å². The molecule has 3 aliphatic heterocycles. The molecule has 0 radical (unpaired) electrons. The first-order chi connectivity index (χ1) is 16.4. The monoisotopic (exact) mass is 456 g/mol. The van der Waals surface area contributed by atoms with Gasteiger partial charge in [0.1, 0.15) is 0 Å². The van der Waals surface area contributed by atoms with Gasteiger partial charge in [-0.3, -0.25) is 24.6 Å². The van der Waals surface area contributed by atoms with Crippen molar-refractivity contribution in [2.24, 2.45) is 5.41 Å². The molecule has 0 saturated carbocycles. The number of likely N-dealkylation sites (tertiary alicyclic amines) is 2. The number of aromatic nitrogens is 3. The second-order valence-electron chi connectivity index (χ2n) is 10.1. The minimum atomic E-state index is 0.0894. The third kappa shape index (κ3) is 3.40. The predicted octanol–water partition coefficient (Wildman–Crippen LogP) is 2.65. The molecule has 174 valence electrons. The van der Waals surface area contributed by atoms with Gasteiger partial charge in [0.2, 0.25) is 5.91 Å². The number of hydrogen-bond donors (Lipinski definition) is 1. The van der Waals surface area contributed by atoms with Gasteiger partial charge in [-0.15, -0.1) is 0 Å². The summed E-state index contributed by atoms with van der Waals surface area (Å²) in [5, 5.41) is 7.50. The number of rotatable bonds is 4. The zero-order valence-corrected chi connectivity index (χ0v) is 19.5. The number of fused-ring (bicyclic) bond motifs is 1. The summed E-state index contributed by atoms with van der Waals surface area (Å²) in [5.41, 5.74) is 7.42. The van der Waals surface area contributed by atoms with Crippen molar-refractivity contribution in [3.05, 3.63) is 65.1 Å². The lowest BCUT2D eigenvalue weighted by Crippen LogP contribution is -2.72. The van der Waals surface area contributed by atoms with Gasteiger partial charge in [-0.1, -0.05) is 6.07 Å². The first kappa shape index (κ1) is 21.0. The third-order valence-corrected chi connectivity index (χ3v) is 7.55. The first-order valence-electron chi connectivity index (χ1n) is 11.8. The van der Waals surface area contributed by atoms with Crippen molar-refractivity contribution in [3.63, 3.8) is 0 Å². The molecule has 3 aromatic rings. The molecule has 2 fully saturated rings. The molecular formula is C26H28N6O2. The number of aromatic amines is 1. The maximum atomic E-state index is 12.8. The molecule has 8 nitrogen and oxygen atoms in total. The summed E-state index contributed by atoms with van der Waals surface area (Å²) in [6.07, 6.45) is 6.64. The summed E-state index contributed by atoms with van der Waals surface area (Å²) in [4.78, 5) is 35.0. The van der Waals surface area contributed by atoms with Gasteiger partial charge >= 0.3 is 0 Å². The molecule has 1 spiro atoms. The van der Waals surface area contributed by atoms with E-state index in [1.54, 1.807) is 17.3 Å². The summed E-state index contributed by atoms with van der Waals surface area (Å²) in [5.74, 6) is 0.257. The second kappa shape index (κ2) is 7.77. The lowest BCUT2D eigenvalue weighted by Gasteiger charge is -2.60. The standard InChI is InChI=1S/C26H28N6O2/c1-17-7-8-27-11-21(17)25(34)32-15-26(16-32)13-31(14-26)12-20-10-28-29-24(20)19-3-5-22-18(9-19)4-6-23(33)30(22)2/h3,5,7-11H,4,6,12-16H2,1-2H3,(H,28,29). The topological polar surface area (TPSA) is 85.4 Å². The number of nitrogens with one attached hydrogen (secondary N) is 1. The number of pyridine rings is 1. The Morgan fingerprint density at radius 1 is 1.12 bits per heavy atom. The number of carbonyl (C=O) groups excluding carboxylic acids is 2. The average molecular weight is 457 g/mol. The van der Waals surface area contributed by atoms with Crippen molar-refractivity contribution in [2.75, 3.05) is 38.1 Å². The molecule has 8 heteroatoms. The van der Waals surface area contributed by atoms with Gasteiger partial charge < -0.3 is 9.80 Å². The van der Waals surface area contributed by atoms with Crippen LogP contribution in [0.5, 0.6) is 0 Å². The fourth-order valence-electron chi connectivity index (χ4n) is 5.71. The number of hydrogen-bond acceptors (Lipinski definition) is 5. The summed E-state index contributed by atoms with van der Waals surface area (Å²) in [6, 6.07) is 8.17. The Morgan fingerprint density at radius 2 is 1.94 bits per heavy atom. The maximum Gasteiger partial charge on any atom is 0.255 e. The van der Waals surface area contributed by atoms with Crippen LogP contribution in [0.25, 0.3) is 11.3 Å². The van der Waals surface area contributed by atoms with Crippen LogP contribution in [-0.2, 0) is 17.8 Å². The molecule has 2 aromatic heterocycles. The maximum absolute atomic E-state index is 12.8. The number of benzene rings is 1. The lowest BCUT2D eigenvalue weighted by atomic mass is 9.72. The van der Waals surface area contributed by atoms with E-state index in [4.69, 9.17) is 0 Å². The summed E-state index contributed by atoms with van der Waals surface area (Å²) >= 11 is 0. The summed E-state index contributed by atoms with van der Waals surface area (Å²) < 4.78 is 0. The smallest absolute Gasteiger partial charge is 0.255 e. The van der Waals surface area contributed by atoms with Gasteiger partial charge in [0, 0.05) is 80.8 Å². The number of H-pyrrole nitrogens is 1. The van der Waals surface area contributed by atoms with Crippen LogP contribution in [0.3, 0.4) is 0 Å². The highest BCUT2D eigenvalue weighted by atomic mass is 16.2. The number of nitrogens with zero attached hydrogens (tertiary/aromatic N) is 5. The van der Waals surface area contributed by atoms with Crippen LogP contribution < -0.4 is 4.90 Å². The molecule has 6 rings (SSSR count). The van der Waals surface area contributed by atoms with E-state index in [-0.39, 0.29) is 17.2 Å². The minimum Gasteiger partial charge on any atom is -0.337 e. The molecule has 3 aliphatic rings. The Bertz CT molecular complexity index is 1280. The fourth-order valence-corrected chi connectivity index (χ4v) is 5.71. The van der Waals surface area contributed by atoms with Gasteiger partial charge in [0.25, 0.3) is 5.91 Å². The van der Waals surface area contributed by atoms with Crippen molar-refractivity contribution >= 4 is 17.5 Å². The van der Waals surface area contributed by atoms with Crippen molar-refractivity contribution in [1.82, 2.24) is 25.0 Å². The van der Waals surface area contributed by atoms with Crippen LogP contribution in [0.4, 0.5) is 5.69 Å². The number of aryl methyl sites for hydroxylation is 2. The Kier molecular flexibility index (Phi) is 4.81. The average Bonchev–Trinajstić information content (AvgIpc) is 3.25. The Morgan fingerprint density at radius 3 is 2.74 bits per heavy atom. The molecule has 0 bridgehead atoms. The van der Waals surface area contributed by atoms with E-state index >= 15 is 0 Å². The van der Waals surface area contributed by atoms with Crippen LogP contribution in [0.1, 0.15) is 33.5 Å². The molecular weight excluding hydrogens is 428 g/mol. The highest BCUT2D eigenvalue weighted by molar-refractivity contribution is 5.96. The Hall–Kier alpha value is -3.52. The second-order valence-corrected chi connectivity index (χ2v) is 10.1. The normalized spacial score (nSPS) is 19.1. The summed E-state index contributed by atoms with van der Waals surface area (Å²) in [7, 11) is 1.84. The highest BCUT2D eigenvalue weighted by Gasteiger charge is 2.53. The zero-order chi connectivity index (χ0) is 23.4. The van der Waals surface area contributed by atoms with E-state index in [1.807, 2.05) is 37.2 Å². The summed E-state index contributed by atoms with van der Waals surface area (Å²) in [6.45, 7) is 6.39. The number of amides is 2. The third-order valence-electron chi connectivity index (χ3n) is 7.55. The molecule has 0 unspecified atom stereocenters. The first-order valence-corrected chi connectivity index (χ1v) is 11.8. The molecule has 1 aromatic carbocycles. The molecule has 1 N–H and O–H groups in total. The Labute approximate surface area is 198 Å². The van der Waals surface area contributed by atoms with Gasteiger partial charge in [-0.05, 0) is 42.7 Å². The highest BCUT2D eigenvalue weighted by Crippen LogP contribution is 2.41. The minimum absolute atomic E-state index is 0.0894. The van der Waals surface area contributed by atoms with Crippen LogP contribution in [-0.4, -0.2) is 70.0 Å². The van der Waals surface area contributed by atoms with Crippen molar-refractivity contribution in [3.8, 4) is 11.3 Å². The molecule has 5 heterocycles. The SMILES string of the molecule is Cc1ccncc1C(=O)N1CC2(CN(Cc3cn[nH]c3-c3ccc4c(c3)CCC(=O)N4C)C2)C1. The molecule has 2 amide bonds. The Balaban J connectivity index is 1.09. The van der Waals surface area contributed by atoms with Gasteiger partial charge in [-0.2, -0.15) is 5.10 Å². The van der Waals surface area contributed by atoms with Crippen molar-refractivity contribution < 1.29 is 9.59 Å². The molecule has 0 aliphatic carbocycles. The van der Waals surface area contributed by atoms with Gasteiger partial charge in [-0.25, -0.2) is 0 Å².